The van der Waals surface area contributed by atoms with Gasteiger partial charge in [-0.15, -0.1) is 0 Å². The lowest BCUT2D eigenvalue weighted by Crippen LogP contribution is -1.83. The molecule has 4 nitrogen and oxygen atoms in total. The summed E-state index contributed by atoms with van der Waals surface area (Å²) in [5.41, 5.74) is 5.15. The lowest BCUT2D eigenvalue weighted by atomic mass is 10.1. The van der Waals surface area contributed by atoms with Crippen LogP contribution in [0.4, 0.5) is 0 Å². The summed E-state index contributed by atoms with van der Waals surface area (Å²) in [6, 6.07) is 8.08. The van der Waals surface area contributed by atoms with Crippen LogP contribution in [0.15, 0.2) is 55.2 Å². The predicted octanol–water partition coefficient (Wildman–Crippen LogP) is 3.17. The van der Waals surface area contributed by atoms with Gasteiger partial charge in [-0.3, -0.25) is 15.0 Å². The molecule has 0 fully saturated rings. The molecule has 0 spiro atoms. The molecule has 4 rings (SSSR count). The van der Waals surface area contributed by atoms with Crippen LogP contribution < -0.4 is 0 Å². The van der Waals surface area contributed by atoms with Crippen LogP contribution >= 0.6 is 0 Å². The van der Waals surface area contributed by atoms with Crippen LogP contribution in [0.2, 0.25) is 0 Å². The molecule has 3 aromatic heterocycles. The summed E-state index contributed by atoms with van der Waals surface area (Å²) < 4.78 is 0. The fraction of sp³-hybridized carbons (Fsp3) is 0. The van der Waals surface area contributed by atoms with E-state index in [1.54, 1.807) is 18.6 Å². The van der Waals surface area contributed by atoms with Crippen LogP contribution in [0, 0.1) is 0 Å². The van der Waals surface area contributed by atoms with E-state index in [-0.39, 0.29) is 0 Å². The summed E-state index contributed by atoms with van der Waals surface area (Å²) in [4.78, 5) is 16.1. The SMILES string of the molecule is c1cc2[nH]cc(-c3ccc4nccnc4c3)c2cn1. The Bertz CT molecular complexity index is 879. The Labute approximate surface area is 109 Å². The predicted molar refractivity (Wildman–Crippen MR) is 74.6 cm³/mol. The third-order valence-corrected chi connectivity index (χ3v) is 3.26. The van der Waals surface area contributed by atoms with E-state index in [0.29, 0.717) is 0 Å². The Balaban J connectivity index is 1.99. The summed E-state index contributed by atoms with van der Waals surface area (Å²) in [6.45, 7) is 0. The second-order valence-corrected chi connectivity index (χ2v) is 4.38. The first-order chi connectivity index (χ1) is 9.42. The summed E-state index contributed by atoms with van der Waals surface area (Å²) >= 11 is 0. The van der Waals surface area contributed by atoms with Crippen molar-refractivity contribution in [1.82, 2.24) is 19.9 Å². The molecule has 19 heavy (non-hydrogen) atoms. The number of nitrogens with one attached hydrogen (secondary N) is 1. The van der Waals surface area contributed by atoms with Crippen molar-refractivity contribution in [3.63, 3.8) is 0 Å². The molecular weight excluding hydrogens is 236 g/mol. The first-order valence-electron chi connectivity index (χ1n) is 6.04. The number of hydrogen-bond donors (Lipinski definition) is 1. The van der Waals surface area contributed by atoms with E-state index in [0.717, 1.165) is 33.1 Å². The lowest BCUT2D eigenvalue weighted by Gasteiger charge is -2.01. The highest BCUT2D eigenvalue weighted by atomic mass is 14.8. The van der Waals surface area contributed by atoms with Crippen LogP contribution in [0.5, 0.6) is 0 Å². The molecule has 0 bridgehead atoms. The minimum absolute atomic E-state index is 0.901. The Morgan fingerprint density at radius 1 is 0.895 bits per heavy atom. The molecule has 0 saturated carbocycles. The first-order valence-corrected chi connectivity index (χ1v) is 6.04. The number of pyridine rings is 1. The van der Waals surface area contributed by atoms with Crippen molar-refractivity contribution in [3.8, 4) is 11.1 Å². The maximum Gasteiger partial charge on any atom is 0.0892 e. The van der Waals surface area contributed by atoms with Gasteiger partial charge in [0.2, 0.25) is 0 Å². The Hall–Kier alpha value is -2.75. The molecule has 0 amide bonds. The third-order valence-electron chi connectivity index (χ3n) is 3.26. The van der Waals surface area contributed by atoms with Crippen LogP contribution in [0.25, 0.3) is 33.1 Å². The second-order valence-electron chi connectivity index (χ2n) is 4.38. The Morgan fingerprint density at radius 3 is 2.74 bits per heavy atom. The average molecular weight is 246 g/mol. The van der Waals surface area contributed by atoms with Gasteiger partial charge in [-0.2, -0.15) is 0 Å². The topological polar surface area (TPSA) is 54.5 Å². The van der Waals surface area contributed by atoms with Crippen LogP contribution in [-0.2, 0) is 0 Å². The van der Waals surface area contributed by atoms with Crippen molar-refractivity contribution < 1.29 is 0 Å². The zero-order valence-corrected chi connectivity index (χ0v) is 10.0. The van der Waals surface area contributed by atoms with E-state index in [2.05, 4.69) is 32.1 Å². The summed E-state index contributed by atoms with van der Waals surface area (Å²) in [5.74, 6) is 0. The zero-order chi connectivity index (χ0) is 12.7. The van der Waals surface area contributed by atoms with Crippen molar-refractivity contribution in [2.75, 3.05) is 0 Å². The molecule has 0 aliphatic heterocycles. The standard InChI is InChI=1S/C15H10N4/c1-2-14-15(18-6-5-17-14)7-10(1)11-9-19-13-3-4-16-8-12(11)13/h1-9,19H. The van der Waals surface area contributed by atoms with E-state index >= 15 is 0 Å². The van der Waals surface area contributed by atoms with E-state index in [1.165, 1.54) is 0 Å². The third kappa shape index (κ3) is 1.57. The highest BCUT2D eigenvalue weighted by molar-refractivity contribution is 5.96. The van der Waals surface area contributed by atoms with Crippen molar-refractivity contribution in [2.45, 2.75) is 0 Å². The second kappa shape index (κ2) is 3.88. The summed E-state index contributed by atoms with van der Waals surface area (Å²) in [5, 5.41) is 1.12. The number of aromatic amines is 1. The number of fused-ring (bicyclic) bond motifs is 2. The maximum atomic E-state index is 4.34. The van der Waals surface area contributed by atoms with Gasteiger partial charge in [0.1, 0.15) is 0 Å². The fourth-order valence-corrected chi connectivity index (χ4v) is 2.33. The number of nitrogens with zero attached hydrogens (tertiary/aromatic N) is 3. The summed E-state index contributed by atoms with van der Waals surface area (Å²) in [6.07, 6.45) is 9.08. The van der Waals surface area contributed by atoms with Gasteiger partial charge in [0.15, 0.2) is 0 Å². The van der Waals surface area contributed by atoms with Crippen molar-refractivity contribution >= 4 is 21.9 Å². The molecule has 1 aromatic carbocycles. The van der Waals surface area contributed by atoms with Crippen LogP contribution in [0.1, 0.15) is 0 Å². The van der Waals surface area contributed by atoms with Gasteiger partial charge in [-0.25, -0.2) is 0 Å². The molecule has 4 aromatic rings. The van der Waals surface area contributed by atoms with Gasteiger partial charge in [0, 0.05) is 47.5 Å². The van der Waals surface area contributed by atoms with Gasteiger partial charge in [0.25, 0.3) is 0 Å². The summed E-state index contributed by atoms with van der Waals surface area (Å²) in [7, 11) is 0. The highest BCUT2D eigenvalue weighted by Gasteiger charge is 2.07. The molecule has 0 aliphatic rings. The normalized spacial score (nSPS) is 11.2. The van der Waals surface area contributed by atoms with Crippen molar-refractivity contribution in [3.05, 3.63) is 55.2 Å². The number of H-pyrrole nitrogens is 1. The highest BCUT2D eigenvalue weighted by Crippen LogP contribution is 2.29. The molecule has 0 aliphatic carbocycles. The van der Waals surface area contributed by atoms with Crippen LogP contribution in [0.3, 0.4) is 0 Å². The number of aromatic nitrogens is 4. The van der Waals surface area contributed by atoms with Gasteiger partial charge < -0.3 is 4.98 Å². The van der Waals surface area contributed by atoms with Gasteiger partial charge >= 0.3 is 0 Å². The Kier molecular flexibility index (Phi) is 2.08. The van der Waals surface area contributed by atoms with E-state index < -0.39 is 0 Å². The van der Waals surface area contributed by atoms with Crippen LogP contribution in [-0.4, -0.2) is 19.9 Å². The quantitative estimate of drug-likeness (QED) is 0.561. The molecule has 0 radical (unpaired) electrons. The van der Waals surface area contributed by atoms with E-state index in [4.69, 9.17) is 0 Å². The molecule has 90 valence electrons. The smallest absolute Gasteiger partial charge is 0.0892 e. The average Bonchev–Trinajstić information content (AvgIpc) is 2.91. The number of hydrogen-bond acceptors (Lipinski definition) is 3. The maximum absolute atomic E-state index is 4.34. The fourth-order valence-electron chi connectivity index (χ4n) is 2.33. The molecule has 0 unspecified atom stereocenters. The molecule has 0 atom stereocenters. The molecule has 3 heterocycles. The minimum atomic E-state index is 0.901. The van der Waals surface area contributed by atoms with Gasteiger partial charge in [-0.1, -0.05) is 6.07 Å². The Morgan fingerprint density at radius 2 is 1.79 bits per heavy atom. The van der Waals surface area contributed by atoms with Gasteiger partial charge in [-0.05, 0) is 23.8 Å². The first kappa shape index (κ1) is 10.2. The zero-order valence-electron chi connectivity index (χ0n) is 10.0. The molecule has 0 saturated heterocycles. The molecule has 1 N–H and O–H groups in total. The minimum Gasteiger partial charge on any atom is -0.360 e. The molecular formula is C15H10N4. The largest absolute Gasteiger partial charge is 0.360 e. The lowest BCUT2D eigenvalue weighted by molar-refractivity contribution is 1.29. The van der Waals surface area contributed by atoms with E-state index in [1.807, 2.05) is 24.5 Å². The molecule has 4 heteroatoms. The monoisotopic (exact) mass is 246 g/mol. The van der Waals surface area contributed by atoms with Gasteiger partial charge in [0.05, 0.1) is 11.0 Å². The van der Waals surface area contributed by atoms with Crippen molar-refractivity contribution in [2.24, 2.45) is 0 Å². The van der Waals surface area contributed by atoms with E-state index in [9.17, 15) is 0 Å². The van der Waals surface area contributed by atoms with Crippen molar-refractivity contribution in [1.29, 1.82) is 0 Å². The number of benzene rings is 1. The number of rotatable bonds is 1.